The van der Waals surface area contributed by atoms with Gasteiger partial charge in [0, 0.05) is 41.3 Å². The number of carbonyl (C=O) groups excluding carboxylic acids is 1. The maximum absolute atomic E-state index is 12.5. The van der Waals surface area contributed by atoms with E-state index in [0.717, 1.165) is 38.2 Å². The second-order valence-corrected chi connectivity index (χ2v) is 18.5. The van der Waals surface area contributed by atoms with E-state index in [1.54, 1.807) is 85.8 Å². The van der Waals surface area contributed by atoms with Crippen LogP contribution in [0, 0.1) is 19.8 Å². The summed E-state index contributed by atoms with van der Waals surface area (Å²) in [7, 11) is -2.68. The van der Waals surface area contributed by atoms with Gasteiger partial charge in [0.15, 0.2) is 0 Å². The standard InChI is InChI=1S/C19H32N2O2.2C13H17N3O4S.2Na/c1-5-21(6-2)14-13-20-18(17-10-8-7-9-11-17)19(22)23-15-12-16(3)4;2*1-10-12(14(2)9-21(18,19)20)13(17)16(15(10)3)11-7-5-4-6-8-11;;/h7-11,16,18,20H,5-6,12-15H2,1-4H3;2*4-8H,9H2,1-3H3,(H,18,19,20);;/q;;;2*+1/p-2. The Labute approximate surface area is 439 Å². The van der Waals surface area contributed by atoms with Crippen LogP contribution in [0.15, 0.2) is 101 Å². The van der Waals surface area contributed by atoms with Gasteiger partial charge in [-0.15, -0.1) is 0 Å². The van der Waals surface area contributed by atoms with Gasteiger partial charge in [0.2, 0.25) is 0 Å². The molecule has 0 aliphatic rings. The Kier molecular flexibility index (Phi) is 26.5. The molecule has 0 radical (unpaired) electrons. The number of likely N-dealkylation sites (N-methyl/N-ethyl adjacent to an activating group) is 1. The van der Waals surface area contributed by atoms with Crippen molar-refractivity contribution in [3.8, 4) is 11.4 Å². The first-order chi connectivity index (χ1) is 30.5. The van der Waals surface area contributed by atoms with Crippen molar-refractivity contribution in [3.05, 3.63) is 129 Å². The number of benzene rings is 3. The van der Waals surface area contributed by atoms with Crippen LogP contribution in [-0.2, 0) is 43.9 Å². The van der Waals surface area contributed by atoms with Gasteiger partial charge in [0.25, 0.3) is 11.1 Å². The summed E-state index contributed by atoms with van der Waals surface area (Å²) in [5.74, 6) is -1.14. The number of ether oxygens (including phenoxy) is 1. The van der Waals surface area contributed by atoms with Crippen molar-refractivity contribution in [1.82, 2.24) is 28.9 Å². The summed E-state index contributed by atoms with van der Waals surface area (Å²) in [5.41, 5.74) is 3.10. The zero-order valence-electron chi connectivity index (χ0n) is 41.0. The average molecular weight is 987 g/mol. The van der Waals surface area contributed by atoms with E-state index in [0.29, 0.717) is 35.3 Å². The van der Waals surface area contributed by atoms with E-state index in [-0.39, 0.29) is 93.6 Å². The van der Waals surface area contributed by atoms with Crippen LogP contribution in [0.5, 0.6) is 0 Å². The number of nitrogens with one attached hydrogen (secondary N) is 1. The van der Waals surface area contributed by atoms with Gasteiger partial charge in [-0.1, -0.05) is 94.4 Å². The quantitative estimate of drug-likeness (QED) is 0.0544. The van der Waals surface area contributed by atoms with Gasteiger partial charge in [0.1, 0.15) is 49.4 Å². The Morgan fingerprint density at radius 1 is 0.687 bits per heavy atom. The Morgan fingerprint density at radius 3 is 1.40 bits per heavy atom. The third kappa shape index (κ3) is 18.7. The van der Waals surface area contributed by atoms with Crippen molar-refractivity contribution < 1.29 is 94.6 Å². The number of rotatable bonds is 19. The van der Waals surface area contributed by atoms with E-state index in [4.69, 9.17) is 4.74 Å². The summed E-state index contributed by atoms with van der Waals surface area (Å²) in [5, 5.41) is 3.36. The molecule has 3 aromatic carbocycles. The second-order valence-electron chi connectivity index (χ2n) is 15.8. The van der Waals surface area contributed by atoms with Crippen molar-refractivity contribution in [3.63, 3.8) is 0 Å². The fourth-order valence-corrected chi connectivity index (χ4v) is 8.17. The van der Waals surface area contributed by atoms with E-state index in [2.05, 4.69) is 37.9 Å². The number of nitrogens with zero attached hydrogens (tertiary/aromatic N) is 7. The van der Waals surface area contributed by atoms with Gasteiger partial charge in [-0.25, -0.2) is 31.0 Å². The SMILES string of the molecule is CCN(CC)CCNC(C(=O)OCCC(C)C)c1ccccc1.Cc1c(N(C)CS(=O)(=O)[O-])c(=O)n(-c2ccccc2)n1C.Cc1c(N(C)CS(=O)(=O)[O-])c(=O)n(-c2ccccc2)n1C.[Na+].[Na+]. The van der Waals surface area contributed by atoms with E-state index >= 15 is 0 Å². The largest absolute Gasteiger partial charge is 1.00 e. The Balaban J connectivity index is 0.000000496. The molecule has 0 spiro atoms. The zero-order valence-corrected chi connectivity index (χ0v) is 46.6. The molecule has 1 N–H and O–H groups in total. The molecule has 67 heavy (non-hydrogen) atoms. The van der Waals surface area contributed by atoms with Crippen LogP contribution in [0.3, 0.4) is 0 Å². The Hall–Kier alpha value is -3.51. The molecule has 358 valence electrons. The van der Waals surface area contributed by atoms with E-state index in [1.807, 2.05) is 42.5 Å². The van der Waals surface area contributed by atoms with E-state index < -0.39 is 32.0 Å². The first kappa shape index (κ1) is 61.5. The van der Waals surface area contributed by atoms with Crippen LogP contribution in [0.25, 0.3) is 11.4 Å². The minimum absolute atomic E-state index is 0. The molecule has 0 saturated heterocycles. The predicted octanol–water partition coefficient (Wildman–Crippen LogP) is -1.90. The van der Waals surface area contributed by atoms with Gasteiger partial charge in [-0.3, -0.25) is 24.3 Å². The van der Waals surface area contributed by atoms with Crippen LogP contribution in [0.1, 0.15) is 57.1 Å². The maximum Gasteiger partial charge on any atom is 1.00 e. The molecule has 0 amide bonds. The summed E-state index contributed by atoms with van der Waals surface area (Å²) >= 11 is 0. The fourth-order valence-electron chi connectivity index (χ4n) is 6.96. The van der Waals surface area contributed by atoms with E-state index in [1.165, 1.54) is 33.3 Å². The number of hydrogen-bond donors (Lipinski definition) is 1. The number of esters is 1. The summed E-state index contributed by atoms with van der Waals surface area (Å²) in [6.45, 7) is 16.2. The van der Waals surface area contributed by atoms with Crippen molar-refractivity contribution in [2.24, 2.45) is 20.0 Å². The number of carbonyl (C=O) groups is 1. The van der Waals surface area contributed by atoms with Crippen LogP contribution in [0.4, 0.5) is 11.4 Å². The van der Waals surface area contributed by atoms with E-state index in [9.17, 15) is 40.3 Å². The van der Waals surface area contributed by atoms with Gasteiger partial charge in [0.05, 0.1) is 29.4 Å². The average Bonchev–Trinajstić information content (AvgIpc) is 3.61. The first-order valence-electron chi connectivity index (χ1n) is 21.2. The fraction of sp³-hybridized carbons (Fsp3) is 0.444. The van der Waals surface area contributed by atoms with Gasteiger partial charge < -0.3 is 28.5 Å². The monoisotopic (exact) mass is 986 g/mol. The van der Waals surface area contributed by atoms with Crippen molar-refractivity contribution in [2.75, 3.05) is 68.4 Å². The summed E-state index contributed by atoms with van der Waals surface area (Å²) in [6.07, 6.45) is 0.896. The smallest absolute Gasteiger partial charge is 0.747 e. The Bertz CT molecular complexity index is 2480. The molecule has 22 heteroatoms. The van der Waals surface area contributed by atoms with Crippen molar-refractivity contribution in [2.45, 2.75) is 54.0 Å². The van der Waals surface area contributed by atoms with Crippen molar-refractivity contribution >= 4 is 37.6 Å². The number of para-hydroxylation sites is 2. The van der Waals surface area contributed by atoms with Crippen LogP contribution in [0.2, 0.25) is 0 Å². The molecule has 1 atom stereocenters. The van der Waals surface area contributed by atoms with Crippen molar-refractivity contribution in [1.29, 1.82) is 0 Å². The molecular formula is C45H64N8Na2O10S2. The second kappa shape index (κ2) is 28.9. The number of anilines is 2. The number of aromatic nitrogens is 4. The molecule has 0 bridgehead atoms. The molecule has 0 fully saturated rings. The molecule has 5 rings (SSSR count). The molecule has 2 heterocycles. The molecule has 5 aromatic rings. The topological polar surface area (TPSA) is 216 Å². The molecule has 18 nitrogen and oxygen atoms in total. The van der Waals surface area contributed by atoms with Gasteiger partial charge >= 0.3 is 65.1 Å². The van der Waals surface area contributed by atoms with Crippen LogP contribution in [-0.4, -0.2) is 114 Å². The molecule has 2 aromatic heterocycles. The minimum atomic E-state index is -4.45. The zero-order chi connectivity index (χ0) is 48.6. The molecule has 0 aliphatic heterocycles. The first-order valence-corrected chi connectivity index (χ1v) is 24.3. The van der Waals surface area contributed by atoms with Gasteiger partial charge in [-0.05, 0) is 69.1 Å². The molecular weight excluding hydrogens is 923 g/mol. The molecule has 0 aliphatic carbocycles. The minimum Gasteiger partial charge on any atom is -0.747 e. The summed E-state index contributed by atoms with van der Waals surface area (Å²) in [4.78, 5) is 42.2. The third-order valence-electron chi connectivity index (χ3n) is 10.5. The maximum atomic E-state index is 12.5. The Morgan fingerprint density at radius 2 is 1.06 bits per heavy atom. The van der Waals surface area contributed by atoms with Gasteiger partial charge in [-0.2, -0.15) is 0 Å². The van der Waals surface area contributed by atoms with Crippen LogP contribution >= 0.6 is 0 Å². The van der Waals surface area contributed by atoms with Crippen LogP contribution < -0.4 is 85.3 Å². The normalized spacial score (nSPS) is 11.6. The predicted molar refractivity (Wildman–Crippen MR) is 253 cm³/mol. The number of hydrogen-bond acceptors (Lipinski definition) is 14. The summed E-state index contributed by atoms with van der Waals surface area (Å²) in [6, 6.07) is 27.4. The molecule has 0 saturated carbocycles. The third-order valence-corrected chi connectivity index (χ3v) is 11.9. The summed E-state index contributed by atoms with van der Waals surface area (Å²) < 4.78 is 76.9. The molecule has 1 unspecified atom stereocenters.